The van der Waals surface area contributed by atoms with Crippen molar-refractivity contribution in [2.75, 3.05) is 36.4 Å². The van der Waals surface area contributed by atoms with E-state index in [4.69, 9.17) is 0 Å². The molecule has 2 N–H and O–H groups in total. The summed E-state index contributed by atoms with van der Waals surface area (Å²) in [5, 5.41) is 16.9. The standard InChI is InChI=1S/C13H19N5O3/c1-2-4-14-11-7-10(18(20)21)8-12(16-11)17-6-3-5-15-13(19)9-17/h7-8H,2-6,9H2,1H3,(H,14,16)(H,15,19). The van der Waals surface area contributed by atoms with Crippen LogP contribution in [0.1, 0.15) is 19.8 Å². The largest absolute Gasteiger partial charge is 0.370 e. The minimum atomic E-state index is -0.444. The third-order valence-corrected chi connectivity index (χ3v) is 3.15. The number of amides is 1. The Bertz CT molecular complexity index is 535. The molecular formula is C13H19N5O3. The van der Waals surface area contributed by atoms with Crippen LogP contribution in [0.5, 0.6) is 0 Å². The van der Waals surface area contributed by atoms with E-state index >= 15 is 0 Å². The fraction of sp³-hybridized carbons (Fsp3) is 0.538. The first-order valence-electron chi connectivity index (χ1n) is 7.02. The zero-order valence-corrected chi connectivity index (χ0v) is 12.0. The fourth-order valence-electron chi connectivity index (χ4n) is 2.11. The van der Waals surface area contributed by atoms with Gasteiger partial charge in [0, 0.05) is 19.6 Å². The van der Waals surface area contributed by atoms with Gasteiger partial charge in [0.25, 0.3) is 5.69 Å². The molecule has 1 amide bonds. The molecule has 2 rings (SSSR count). The van der Waals surface area contributed by atoms with Crippen molar-refractivity contribution in [2.45, 2.75) is 19.8 Å². The summed E-state index contributed by atoms with van der Waals surface area (Å²) in [6, 6.07) is 2.83. The highest BCUT2D eigenvalue weighted by Gasteiger charge is 2.19. The van der Waals surface area contributed by atoms with Gasteiger partial charge in [0.1, 0.15) is 11.6 Å². The Hall–Kier alpha value is -2.38. The molecule has 114 valence electrons. The predicted octanol–water partition coefficient (Wildman–Crippen LogP) is 1.14. The number of carbonyl (C=O) groups is 1. The maximum Gasteiger partial charge on any atom is 0.276 e. The Labute approximate surface area is 122 Å². The number of pyridine rings is 1. The molecule has 1 saturated heterocycles. The molecule has 2 heterocycles. The molecule has 0 bridgehead atoms. The van der Waals surface area contributed by atoms with Gasteiger partial charge in [-0.25, -0.2) is 4.98 Å². The van der Waals surface area contributed by atoms with E-state index in [0.717, 1.165) is 12.8 Å². The van der Waals surface area contributed by atoms with Crippen molar-refractivity contribution in [3.05, 3.63) is 22.2 Å². The summed E-state index contributed by atoms with van der Waals surface area (Å²) in [6.45, 7) is 4.12. The number of nitro groups is 1. The molecule has 0 aromatic carbocycles. The fourth-order valence-corrected chi connectivity index (χ4v) is 2.11. The van der Waals surface area contributed by atoms with Crippen molar-refractivity contribution < 1.29 is 9.72 Å². The average Bonchev–Trinajstić information content (AvgIpc) is 2.69. The maximum absolute atomic E-state index is 11.6. The number of rotatable bonds is 5. The molecule has 1 fully saturated rings. The van der Waals surface area contributed by atoms with Crippen LogP contribution in [0.3, 0.4) is 0 Å². The van der Waals surface area contributed by atoms with E-state index < -0.39 is 4.92 Å². The third kappa shape index (κ3) is 4.04. The van der Waals surface area contributed by atoms with Gasteiger partial charge in [-0.15, -0.1) is 0 Å². The van der Waals surface area contributed by atoms with Crippen LogP contribution in [0.4, 0.5) is 17.3 Å². The molecular weight excluding hydrogens is 274 g/mol. The van der Waals surface area contributed by atoms with Crippen LogP contribution in [0, 0.1) is 10.1 Å². The van der Waals surface area contributed by atoms with Crippen LogP contribution in [0.2, 0.25) is 0 Å². The number of nitrogens with one attached hydrogen (secondary N) is 2. The van der Waals surface area contributed by atoms with Crippen molar-refractivity contribution in [1.82, 2.24) is 10.3 Å². The van der Waals surface area contributed by atoms with Crippen LogP contribution in [-0.2, 0) is 4.79 Å². The monoisotopic (exact) mass is 293 g/mol. The zero-order chi connectivity index (χ0) is 15.2. The first kappa shape index (κ1) is 15.0. The lowest BCUT2D eigenvalue weighted by Crippen LogP contribution is -2.33. The Morgan fingerprint density at radius 2 is 2.33 bits per heavy atom. The molecule has 0 spiro atoms. The molecule has 1 aromatic heterocycles. The Morgan fingerprint density at radius 1 is 1.52 bits per heavy atom. The molecule has 0 atom stereocenters. The van der Waals surface area contributed by atoms with Crippen LogP contribution >= 0.6 is 0 Å². The Kier molecular flexibility index (Phi) is 4.91. The number of aromatic nitrogens is 1. The van der Waals surface area contributed by atoms with Gasteiger partial charge in [-0.2, -0.15) is 0 Å². The molecule has 0 aliphatic carbocycles. The second kappa shape index (κ2) is 6.87. The molecule has 8 nitrogen and oxygen atoms in total. The van der Waals surface area contributed by atoms with Crippen molar-refractivity contribution in [2.24, 2.45) is 0 Å². The van der Waals surface area contributed by atoms with E-state index in [1.807, 2.05) is 6.92 Å². The summed E-state index contributed by atoms with van der Waals surface area (Å²) >= 11 is 0. The van der Waals surface area contributed by atoms with E-state index in [1.165, 1.54) is 12.1 Å². The van der Waals surface area contributed by atoms with E-state index in [1.54, 1.807) is 4.90 Å². The van der Waals surface area contributed by atoms with Crippen LogP contribution < -0.4 is 15.5 Å². The second-order valence-corrected chi connectivity index (χ2v) is 4.88. The number of hydrogen-bond donors (Lipinski definition) is 2. The van der Waals surface area contributed by atoms with Gasteiger partial charge < -0.3 is 15.5 Å². The van der Waals surface area contributed by atoms with Gasteiger partial charge in [0.15, 0.2) is 0 Å². The maximum atomic E-state index is 11.6. The van der Waals surface area contributed by atoms with Gasteiger partial charge in [0.2, 0.25) is 5.91 Å². The number of nitrogens with zero attached hydrogens (tertiary/aromatic N) is 3. The first-order chi connectivity index (χ1) is 10.1. The van der Waals surface area contributed by atoms with Gasteiger partial charge >= 0.3 is 0 Å². The van der Waals surface area contributed by atoms with Crippen molar-refractivity contribution in [1.29, 1.82) is 0 Å². The third-order valence-electron chi connectivity index (χ3n) is 3.15. The zero-order valence-electron chi connectivity index (χ0n) is 12.0. The highest BCUT2D eigenvalue weighted by molar-refractivity contribution is 5.81. The number of anilines is 2. The SMILES string of the molecule is CCCNc1cc([N+](=O)[O-])cc(N2CCCNC(=O)C2)n1. The molecule has 8 heteroatoms. The molecule has 0 radical (unpaired) electrons. The summed E-state index contributed by atoms with van der Waals surface area (Å²) in [7, 11) is 0. The van der Waals surface area contributed by atoms with Gasteiger partial charge in [-0.05, 0) is 12.8 Å². The minimum Gasteiger partial charge on any atom is -0.370 e. The summed E-state index contributed by atoms with van der Waals surface area (Å²) in [5.74, 6) is 0.828. The topological polar surface area (TPSA) is 100 Å². The Balaban J connectivity index is 2.29. The molecule has 21 heavy (non-hydrogen) atoms. The molecule has 0 saturated carbocycles. The Morgan fingerprint density at radius 3 is 3.05 bits per heavy atom. The first-order valence-corrected chi connectivity index (χ1v) is 7.02. The number of carbonyl (C=O) groups excluding carboxylic acids is 1. The van der Waals surface area contributed by atoms with Crippen molar-refractivity contribution in [3.63, 3.8) is 0 Å². The smallest absolute Gasteiger partial charge is 0.276 e. The lowest BCUT2D eigenvalue weighted by atomic mass is 10.3. The number of hydrogen-bond acceptors (Lipinski definition) is 6. The van der Waals surface area contributed by atoms with Crippen LogP contribution in [-0.4, -0.2) is 42.0 Å². The van der Waals surface area contributed by atoms with Crippen LogP contribution in [0.25, 0.3) is 0 Å². The summed E-state index contributed by atoms with van der Waals surface area (Å²) in [4.78, 5) is 28.4. The van der Waals surface area contributed by atoms with Crippen molar-refractivity contribution in [3.8, 4) is 0 Å². The van der Waals surface area contributed by atoms with Gasteiger partial charge in [-0.1, -0.05) is 6.92 Å². The predicted molar refractivity (Wildman–Crippen MR) is 79.5 cm³/mol. The van der Waals surface area contributed by atoms with Gasteiger partial charge in [-0.3, -0.25) is 14.9 Å². The lowest BCUT2D eigenvalue weighted by molar-refractivity contribution is -0.384. The average molecular weight is 293 g/mol. The second-order valence-electron chi connectivity index (χ2n) is 4.88. The van der Waals surface area contributed by atoms with Crippen molar-refractivity contribution >= 4 is 23.2 Å². The minimum absolute atomic E-state index is 0.0248. The molecule has 1 aromatic rings. The van der Waals surface area contributed by atoms with E-state index in [-0.39, 0.29) is 18.1 Å². The summed E-state index contributed by atoms with van der Waals surface area (Å²) < 4.78 is 0. The van der Waals surface area contributed by atoms with Gasteiger partial charge in [0.05, 0.1) is 23.6 Å². The highest BCUT2D eigenvalue weighted by Crippen LogP contribution is 2.23. The molecule has 0 unspecified atom stereocenters. The lowest BCUT2D eigenvalue weighted by Gasteiger charge is -2.20. The quantitative estimate of drug-likeness (QED) is 0.623. The normalized spacial score (nSPS) is 15.3. The van der Waals surface area contributed by atoms with E-state index in [0.29, 0.717) is 31.3 Å². The highest BCUT2D eigenvalue weighted by atomic mass is 16.6. The van der Waals surface area contributed by atoms with Crippen LogP contribution in [0.15, 0.2) is 12.1 Å². The summed E-state index contributed by atoms with van der Waals surface area (Å²) in [5.41, 5.74) is -0.0248. The van der Waals surface area contributed by atoms with E-state index in [9.17, 15) is 14.9 Å². The molecule has 1 aliphatic rings. The van der Waals surface area contributed by atoms with E-state index in [2.05, 4.69) is 15.6 Å². The molecule has 1 aliphatic heterocycles. The summed E-state index contributed by atoms with van der Waals surface area (Å²) in [6.07, 6.45) is 1.68.